The fraction of sp³-hybridized carbons (Fsp3) is 0.533. The third-order valence-corrected chi connectivity index (χ3v) is 3.72. The van der Waals surface area contributed by atoms with Crippen LogP contribution in [0.3, 0.4) is 0 Å². The van der Waals surface area contributed by atoms with Crippen LogP contribution in [0.15, 0.2) is 22.7 Å². The van der Waals surface area contributed by atoms with E-state index in [2.05, 4.69) is 15.9 Å². The van der Waals surface area contributed by atoms with Crippen molar-refractivity contribution in [3.63, 3.8) is 0 Å². The molecule has 110 valence electrons. The van der Waals surface area contributed by atoms with Crippen molar-refractivity contribution in [1.29, 1.82) is 0 Å². The predicted molar refractivity (Wildman–Crippen MR) is 82.3 cm³/mol. The van der Waals surface area contributed by atoms with Crippen LogP contribution in [0.4, 0.5) is 4.79 Å². The van der Waals surface area contributed by atoms with E-state index in [1.54, 1.807) is 4.90 Å². The molecule has 0 saturated heterocycles. The standard InChI is InChI=1S/C15H21BrN2O2/c1-15(2,3)20-14(19)18-7-6-13(17)12-8-11(16)5-4-10(12)9-18/h4-5,8,13H,6-7,9,17H2,1-3H3. The van der Waals surface area contributed by atoms with Crippen molar-refractivity contribution >= 4 is 22.0 Å². The number of fused-ring (bicyclic) bond motifs is 1. The summed E-state index contributed by atoms with van der Waals surface area (Å²) >= 11 is 3.47. The molecule has 1 heterocycles. The molecule has 1 aromatic rings. The van der Waals surface area contributed by atoms with Gasteiger partial charge in [-0.3, -0.25) is 0 Å². The first-order valence-corrected chi connectivity index (χ1v) is 7.57. The largest absolute Gasteiger partial charge is 0.444 e. The van der Waals surface area contributed by atoms with Crippen LogP contribution < -0.4 is 5.73 Å². The molecule has 0 fully saturated rings. The summed E-state index contributed by atoms with van der Waals surface area (Å²) in [6, 6.07) is 5.99. The lowest BCUT2D eigenvalue weighted by molar-refractivity contribution is 0.0235. The van der Waals surface area contributed by atoms with Crippen molar-refractivity contribution in [2.24, 2.45) is 5.73 Å². The molecule has 1 unspecified atom stereocenters. The number of nitrogens with two attached hydrogens (primary N) is 1. The van der Waals surface area contributed by atoms with Crippen LogP contribution >= 0.6 is 15.9 Å². The molecular weight excluding hydrogens is 320 g/mol. The van der Waals surface area contributed by atoms with Crippen molar-refractivity contribution in [3.05, 3.63) is 33.8 Å². The van der Waals surface area contributed by atoms with Gasteiger partial charge in [0.1, 0.15) is 5.60 Å². The highest BCUT2D eigenvalue weighted by Crippen LogP contribution is 2.28. The van der Waals surface area contributed by atoms with Crippen LogP contribution in [-0.4, -0.2) is 23.1 Å². The number of benzene rings is 1. The Morgan fingerprint density at radius 1 is 1.45 bits per heavy atom. The summed E-state index contributed by atoms with van der Waals surface area (Å²) < 4.78 is 6.46. The van der Waals surface area contributed by atoms with Gasteiger partial charge in [-0.25, -0.2) is 4.79 Å². The van der Waals surface area contributed by atoms with E-state index >= 15 is 0 Å². The minimum absolute atomic E-state index is 0.0464. The molecule has 0 bridgehead atoms. The summed E-state index contributed by atoms with van der Waals surface area (Å²) in [5.41, 5.74) is 7.92. The van der Waals surface area contributed by atoms with Gasteiger partial charge in [-0.05, 0) is 50.5 Å². The first-order valence-electron chi connectivity index (χ1n) is 6.78. The van der Waals surface area contributed by atoms with E-state index in [1.807, 2.05) is 39.0 Å². The van der Waals surface area contributed by atoms with Crippen LogP contribution in [0.2, 0.25) is 0 Å². The lowest BCUT2D eigenvalue weighted by atomic mass is 10.0. The maximum atomic E-state index is 12.2. The van der Waals surface area contributed by atoms with Gasteiger partial charge in [-0.15, -0.1) is 0 Å². The lowest BCUT2D eigenvalue weighted by Crippen LogP contribution is -2.36. The van der Waals surface area contributed by atoms with Crippen molar-refractivity contribution < 1.29 is 9.53 Å². The van der Waals surface area contributed by atoms with Gasteiger partial charge in [-0.1, -0.05) is 22.0 Å². The smallest absolute Gasteiger partial charge is 0.410 e. The normalized spacial score (nSPS) is 19.2. The molecule has 5 heteroatoms. The second kappa shape index (κ2) is 5.74. The van der Waals surface area contributed by atoms with E-state index in [4.69, 9.17) is 10.5 Å². The van der Waals surface area contributed by atoms with E-state index in [1.165, 1.54) is 0 Å². The fourth-order valence-electron chi connectivity index (χ4n) is 2.27. The minimum atomic E-state index is -0.478. The summed E-state index contributed by atoms with van der Waals surface area (Å²) in [6.45, 7) is 6.78. The van der Waals surface area contributed by atoms with Crippen LogP contribution in [0, 0.1) is 0 Å². The van der Waals surface area contributed by atoms with E-state index in [9.17, 15) is 4.79 Å². The second-order valence-electron chi connectivity index (χ2n) is 6.14. The number of hydrogen-bond donors (Lipinski definition) is 1. The van der Waals surface area contributed by atoms with Gasteiger partial charge >= 0.3 is 6.09 Å². The number of halogens is 1. The quantitative estimate of drug-likeness (QED) is 0.785. The van der Waals surface area contributed by atoms with Gasteiger partial charge in [0.25, 0.3) is 0 Å². The maximum Gasteiger partial charge on any atom is 0.410 e. The molecule has 1 aromatic carbocycles. The zero-order valence-corrected chi connectivity index (χ0v) is 13.7. The molecule has 1 atom stereocenters. The Morgan fingerprint density at radius 3 is 2.80 bits per heavy atom. The average molecular weight is 341 g/mol. The van der Waals surface area contributed by atoms with E-state index in [0.717, 1.165) is 22.0 Å². The Hall–Kier alpha value is -1.07. The molecule has 0 aromatic heterocycles. The molecule has 1 aliphatic heterocycles. The lowest BCUT2D eigenvalue weighted by Gasteiger charge is -2.26. The van der Waals surface area contributed by atoms with E-state index in [0.29, 0.717) is 13.1 Å². The Morgan fingerprint density at radius 2 is 2.15 bits per heavy atom. The van der Waals surface area contributed by atoms with Crippen LogP contribution in [0.1, 0.15) is 44.4 Å². The van der Waals surface area contributed by atoms with Crippen molar-refractivity contribution in [3.8, 4) is 0 Å². The number of carbonyl (C=O) groups is 1. The minimum Gasteiger partial charge on any atom is -0.444 e. The van der Waals surface area contributed by atoms with Gasteiger partial charge in [0.2, 0.25) is 0 Å². The fourth-order valence-corrected chi connectivity index (χ4v) is 2.65. The number of rotatable bonds is 0. The highest BCUT2D eigenvalue weighted by atomic mass is 79.9. The van der Waals surface area contributed by atoms with Crippen LogP contribution in [0.5, 0.6) is 0 Å². The molecule has 0 spiro atoms. The van der Waals surface area contributed by atoms with E-state index < -0.39 is 5.60 Å². The molecule has 0 saturated carbocycles. The van der Waals surface area contributed by atoms with Crippen LogP contribution in [-0.2, 0) is 11.3 Å². The molecule has 1 amide bonds. The SMILES string of the molecule is CC(C)(C)OC(=O)N1CCC(N)c2cc(Br)ccc2C1. The average Bonchev–Trinajstić information content (AvgIpc) is 2.48. The summed E-state index contributed by atoms with van der Waals surface area (Å²) in [5, 5.41) is 0. The van der Waals surface area contributed by atoms with Crippen molar-refractivity contribution in [2.45, 2.75) is 45.4 Å². The zero-order chi connectivity index (χ0) is 14.9. The van der Waals surface area contributed by atoms with Crippen LogP contribution in [0.25, 0.3) is 0 Å². The first-order chi connectivity index (χ1) is 9.26. The number of carbonyl (C=O) groups excluding carboxylic acids is 1. The molecule has 2 rings (SSSR count). The molecule has 20 heavy (non-hydrogen) atoms. The van der Waals surface area contributed by atoms with Crippen molar-refractivity contribution in [1.82, 2.24) is 4.90 Å². The van der Waals surface area contributed by atoms with E-state index in [-0.39, 0.29) is 12.1 Å². The molecule has 2 N–H and O–H groups in total. The molecule has 1 aliphatic rings. The Labute approximate surface area is 128 Å². The number of ether oxygens (including phenoxy) is 1. The van der Waals surface area contributed by atoms with Gasteiger partial charge in [0, 0.05) is 23.6 Å². The second-order valence-corrected chi connectivity index (χ2v) is 7.06. The summed E-state index contributed by atoms with van der Waals surface area (Å²) in [6.07, 6.45) is 0.461. The summed E-state index contributed by atoms with van der Waals surface area (Å²) in [7, 11) is 0. The third kappa shape index (κ3) is 3.73. The van der Waals surface area contributed by atoms with Gasteiger partial charge in [0.15, 0.2) is 0 Å². The number of hydrogen-bond acceptors (Lipinski definition) is 3. The highest BCUT2D eigenvalue weighted by Gasteiger charge is 2.26. The summed E-state index contributed by atoms with van der Waals surface area (Å²) in [4.78, 5) is 13.9. The predicted octanol–water partition coefficient (Wildman–Crippen LogP) is 3.59. The van der Waals surface area contributed by atoms with Gasteiger partial charge < -0.3 is 15.4 Å². The zero-order valence-electron chi connectivity index (χ0n) is 12.1. The molecule has 0 aliphatic carbocycles. The highest BCUT2D eigenvalue weighted by molar-refractivity contribution is 9.10. The van der Waals surface area contributed by atoms with Gasteiger partial charge in [0.05, 0.1) is 0 Å². The molecule has 0 radical (unpaired) electrons. The number of nitrogens with zero attached hydrogens (tertiary/aromatic N) is 1. The summed E-state index contributed by atoms with van der Waals surface area (Å²) in [5.74, 6) is 0. The maximum absolute atomic E-state index is 12.2. The third-order valence-electron chi connectivity index (χ3n) is 3.23. The first kappa shape index (κ1) is 15.3. The Kier molecular flexibility index (Phi) is 4.39. The Bertz CT molecular complexity index is 511. The number of amides is 1. The van der Waals surface area contributed by atoms with Crippen molar-refractivity contribution in [2.75, 3.05) is 6.54 Å². The molecular formula is C15H21BrN2O2. The molecule has 4 nitrogen and oxygen atoms in total. The monoisotopic (exact) mass is 340 g/mol. The topological polar surface area (TPSA) is 55.6 Å². The van der Waals surface area contributed by atoms with Gasteiger partial charge in [-0.2, -0.15) is 0 Å². The Balaban J connectivity index is 2.20.